The van der Waals surface area contributed by atoms with E-state index in [-0.39, 0.29) is 17.6 Å². The van der Waals surface area contributed by atoms with Gasteiger partial charge in [0.25, 0.3) is 5.91 Å². The van der Waals surface area contributed by atoms with Crippen LogP contribution in [0.15, 0.2) is 18.5 Å². The van der Waals surface area contributed by atoms with E-state index in [1.807, 2.05) is 0 Å². The third-order valence-electron chi connectivity index (χ3n) is 5.63. The summed E-state index contributed by atoms with van der Waals surface area (Å²) in [5.41, 5.74) is 0.109. The molecule has 0 bridgehead atoms. The highest BCUT2D eigenvalue weighted by Crippen LogP contribution is 2.35. The largest absolute Gasteiger partial charge is 0.379 e. The molecule has 0 N–H and O–H groups in total. The zero-order chi connectivity index (χ0) is 17.2. The number of carbonyl (C=O) groups excluding carboxylic acids is 1. The molecule has 0 radical (unpaired) electrons. The predicted octanol–water partition coefficient (Wildman–Crippen LogP) is 1.03. The summed E-state index contributed by atoms with van der Waals surface area (Å²) < 4.78 is 25.3. The first kappa shape index (κ1) is 16.9. The summed E-state index contributed by atoms with van der Waals surface area (Å²) in [6, 6.07) is 1.45. The van der Waals surface area contributed by atoms with Crippen molar-refractivity contribution >= 4 is 5.91 Å². The molecule has 25 heavy (non-hydrogen) atoms. The second kappa shape index (κ2) is 7.35. The second-order valence-electron chi connectivity index (χ2n) is 7.10. The lowest BCUT2D eigenvalue weighted by atomic mass is 9.84. The van der Waals surface area contributed by atoms with Crippen LogP contribution in [0.1, 0.15) is 16.8 Å². The van der Waals surface area contributed by atoms with Crippen LogP contribution in [0.5, 0.6) is 0 Å². The van der Waals surface area contributed by atoms with Crippen LogP contribution >= 0.6 is 0 Å². The molecule has 7 heteroatoms. The number of aromatic nitrogens is 1. The Hall–Kier alpha value is -1.57. The van der Waals surface area contributed by atoms with Crippen molar-refractivity contribution in [1.82, 2.24) is 14.8 Å². The molecule has 3 aliphatic heterocycles. The van der Waals surface area contributed by atoms with E-state index in [0.717, 1.165) is 45.5 Å². The molecule has 136 valence electrons. The fraction of sp³-hybridized carbons (Fsp3) is 0.667. The van der Waals surface area contributed by atoms with E-state index in [0.29, 0.717) is 31.5 Å². The maximum Gasteiger partial charge on any atom is 0.256 e. The summed E-state index contributed by atoms with van der Waals surface area (Å²) in [6.45, 7) is 6.43. The Morgan fingerprint density at radius 1 is 1.32 bits per heavy atom. The normalized spacial score (nSPS) is 30.3. The molecule has 3 saturated heterocycles. The van der Waals surface area contributed by atoms with E-state index in [1.165, 1.54) is 12.3 Å². The Labute approximate surface area is 146 Å². The van der Waals surface area contributed by atoms with Gasteiger partial charge in [0.2, 0.25) is 0 Å². The van der Waals surface area contributed by atoms with Crippen molar-refractivity contribution in [1.29, 1.82) is 0 Å². The number of hydrogen-bond donors (Lipinski definition) is 0. The fourth-order valence-electron chi connectivity index (χ4n) is 4.22. The zero-order valence-corrected chi connectivity index (χ0v) is 14.3. The molecular formula is C18H24FN3O3. The third kappa shape index (κ3) is 3.54. The number of halogens is 1. The molecule has 1 amide bonds. The number of fused-ring (bicyclic) bond motifs is 1. The monoisotopic (exact) mass is 349 g/mol. The van der Waals surface area contributed by atoms with Crippen LogP contribution in [0, 0.1) is 17.7 Å². The van der Waals surface area contributed by atoms with Crippen LogP contribution in [0.25, 0.3) is 0 Å². The Balaban J connectivity index is 1.36. The lowest BCUT2D eigenvalue weighted by Gasteiger charge is -2.37. The number of piperidine rings is 1. The summed E-state index contributed by atoms with van der Waals surface area (Å²) in [4.78, 5) is 20.5. The van der Waals surface area contributed by atoms with Crippen molar-refractivity contribution in [2.75, 3.05) is 52.5 Å². The standard InChI is InChI=1S/C18H24FN3O3/c19-16-9-20-3-1-15(16)18(23)22-4-2-14-13(10-22)12-25-17(14)11-21-5-7-24-8-6-21/h1,3,9,13-14,17H,2,4-8,10-12H2/t13-,14-,17+/m1/s1. The quantitative estimate of drug-likeness (QED) is 0.816. The molecule has 0 spiro atoms. The van der Waals surface area contributed by atoms with E-state index in [2.05, 4.69) is 9.88 Å². The van der Waals surface area contributed by atoms with E-state index < -0.39 is 5.82 Å². The maximum absolute atomic E-state index is 13.8. The number of ether oxygens (including phenoxy) is 2. The first-order chi connectivity index (χ1) is 12.2. The molecule has 3 fully saturated rings. The SMILES string of the molecule is O=C(c1ccncc1F)N1CC[C@@H]2[C@@H](CO[C@H]2CN2CCOCC2)C1. The molecule has 4 rings (SSSR count). The van der Waals surface area contributed by atoms with Gasteiger partial charge in [-0.3, -0.25) is 14.7 Å². The molecule has 0 aromatic carbocycles. The topological polar surface area (TPSA) is 54.9 Å². The fourth-order valence-corrected chi connectivity index (χ4v) is 4.22. The average molecular weight is 349 g/mol. The minimum Gasteiger partial charge on any atom is -0.379 e. The van der Waals surface area contributed by atoms with Gasteiger partial charge in [-0.05, 0) is 18.4 Å². The summed E-state index contributed by atoms with van der Waals surface area (Å²) in [7, 11) is 0. The first-order valence-corrected chi connectivity index (χ1v) is 9.03. The van der Waals surface area contributed by atoms with Gasteiger partial charge in [0.05, 0.1) is 37.7 Å². The number of carbonyl (C=O) groups is 1. The van der Waals surface area contributed by atoms with Gasteiger partial charge in [-0.1, -0.05) is 0 Å². The highest BCUT2D eigenvalue weighted by molar-refractivity contribution is 5.94. The molecule has 3 aliphatic rings. The number of likely N-dealkylation sites (tertiary alicyclic amines) is 1. The van der Waals surface area contributed by atoms with E-state index >= 15 is 0 Å². The summed E-state index contributed by atoms with van der Waals surface area (Å²) in [6.07, 6.45) is 3.70. The average Bonchev–Trinajstić information content (AvgIpc) is 3.04. The van der Waals surface area contributed by atoms with Crippen molar-refractivity contribution in [2.45, 2.75) is 12.5 Å². The van der Waals surface area contributed by atoms with Crippen LogP contribution in [0.2, 0.25) is 0 Å². The van der Waals surface area contributed by atoms with Crippen molar-refractivity contribution in [3.05, 3.63) is 29.8 Å². The minimum absolute atomic E-state index is 0.109. The number of nitrogens with zero attached hydrogens (tertiary/aromatic N) is 3. The van der Waals surface area contributed by atoms with Gasteiger partial charge in [0, 0.05) is 44.8 Å². The maximum atomic E-state index is 13.8. The van der Waals surface area contributed by atoms with Crippen LogP contribution in [-0.4, -0.2) is 79.3 Å². The lowest BCUT2D eigenvalue weighted by Crippen LogP contribution is -2.47. The third-order valence-corrected chi connectivity index (χ3v) is 5.63. The molecule has 1 aromatic heterocycles. The van der Waals surface area contributed by atoms with Crippen LogP contribution in [0.3, 0.4) is 0 Å². The Morgan fingerprint density at radius 3 is 2.96 bits per heavy atom. The lowest BCUT2D eigenvalue weighted by molar-refractivity contribution is -0.00252. The van der Waals surface area contributed by atoms with Crippen molar-refractivity contribution < 1.29 is 18.7 Å². The number of morpholine rings is 1. The molecule has 6 nitrogen and oxygen atoms in total. The van der Waals surface area contributed by atoms with Gasteiger partial charge < -0.3 is 14.4 Å². The molecule has 0 saturated carbocycles. The molecule has 1 aromatic rings. The van der Waals surface area contributed by atoms with Gasteiger partial charge in [-0.25, -0.2) is 4.39 Å². The Bertz CT molecular complexity index is 623. The Morgan fingerprint density at radius 2 is 2.16 bits per heavy atom. The first-order valence-electron chi connectivity index (χ1n) is 9.03. The van der Waals surface area contributed by atoms with Crippen LogP contribution in [-0.2, 0) is 9.47 Å². The Kier molecular flexibility index (Phi) is 4.96. The molecular weight excluding hydrogens is 325 g/mol. The molecule has 0 aliphatic carbocycles. The van der Waals surface area contributed by atoms with Gasteiger partial charge in [0.1, 0.15) is 0 Å². The highest BCUT2D eigenvalue weighted by atomic mass is 19.1. The smallest absolute Gasteiger partial charge is 0.256 e. The van der Waals surface area contributed by atoms with Gasteiger partial charge in [-0.15, -0.1) is 0 Å². The van der Waals surface area contributed by atoms with Crippen molar-refractivity contribution in [2.24, 2.45) is 11.8 Å². The van der Waals surface area contributed by atoms with Crippen LogP contribution in [0.4, 0.5) is 4.39 Å². The van der Waals surface area contributed by atoms with Gasteiger partial charge in [-0.2, -0.15) is 0 Å². The summed E-state index contributed by atoms with van der Waals surface area (Å²) >= 11 is 0. The number of rotatable bonds is 3. The minimum atomic E-state index is -0.553. The zero-order valence-electron chi connectivity index (χ0n) is 14.3. The number of pyridine rings is 1. The van der Waals surface area contributed by atoms with Gasteiger partial charge in [0.15, 0.2) is 5.82 Å². The highest BCUT2D eigenvalue weighted by Gasteiger charge is 2.42. The number of amides is 1. The van der Waals surface area contributed by atoms with Gasteiger partial charge >= 0.3 is 0 Å². The van der Waals surface area contributed by atoms with Crippen molar-refractivity contribution in [3.63, 3.8) is 0 Å². The summed E-state index contributed by atoms with van der Waals surface area (Å²) in [5.74, 6) is 0.0280. The second-order valence-corrected chi connectivity index (χ2v) is 7.10. The van der Waals surface area contributed by atoms with Crippen molar-refractivity contribution in [3.8, 4) is 0 Å². The van der Waals surface area contributed by atoms with Crippen LogP contribution < -0.4 is 0 Å². The molecule has 4 heterocycles. The predicted molar refractivity (Wildman–Crippen MR) is 88.7 cm³/mol. The number of hydrogen-bond acceptors (Lipinski definition) is 5. The van der Waals surface area contributed by atoms with E-state index in [4.69, 9.17) is 9.47 Å². The molecule has 3 atom stereocenters. The van der Waals surface area contributed by atoms with E-state index in [1.54, 1.807) is 4.90 Å². The molecule has 0 unspecified atom stereocenters. The summed E-state index contributed by atoms with van der Waals surface area (Å²) in [5, 5.41) is 0. The van der Waals surface area contributed by atoms with E-state index in [9.17, 15) is 9.18 Å².